The first kappa shape index (κ1) is 18.7. The molecule has 0 saturated heterocycles. The van der Waals surface area contributed by atoms with Gasteiger partial charge < -0.3 is 19.7 Å². The maximum atomic E-state index is 13.6. The summed E-state index contributed by atoms with van der Waals surface area (Å²) >= 11 is 0. The zero-order valence-corrected chi connectivity index (χ0v) is 15.8. The Hall–Kier alpha value is -3.09. The molecule has 3 rings (SSSR count). The molecular weight excluding hydrogens is 351 g/mol. The number of rotatable bonds is 3. The average Bonchev–Trinajstić information content (AvgIpc) is 2.64. The van der Waals surface area contributed by atoms with E-state index < -0.39 is 17.3 Å². The van der Waals surface area contributed by atoms with Crippen LogP contribution in [0.1, 0.15) is 24.2 Å². The normalized spacial score (nSPS) is 15.0. The van der Waals surface area contributed by atoms with Crippen molar-refractivity contribution in [1.82, 2.24) is 0 Å². The highest BCUT2D eigenvalue weighted by molar-refractivity contribution is 6.15. The summed E-state index contributed by atoms with van der Waals surface area (Å²) in [6.07, 6.45) is 0. The molecule has 0 saturated carbocycles. The molecule has 0 bridgehead atoms. The number of hydrogen-bond acceptors (Lipinski definition) is 5. The molecular formula is C20H21FN2O4. The van der Waals surface area contributed by atoms with Gasteiger partial charge in [0.2, 0.25) is 0 Å². The van der Waals surface area contributed by atoms with Gasteiger partial charge in [0.15, 0.2) is 0 Å². The van der Waals surface area contributed by atoms with E-state index in [9.17, 15) is 14.0 Å². The Morgan fingerprint density at radius 1 is 1.15 bits per heavy atom. The number of methoxy groups -OCH3 is 2. The van der Waals surface area contributed by atoms with Crippen molar-refractivity contribution in [3.05, 3.63) is 41.7 Å². The summed E-state index contributed by atoms with van der Waals surface area (Å²) in [4.78, 5) is 26.8. The van der Waals surface area contributed by atoms with E-state index in [1.165, 1.54) is 37.3 Å². The lowest BCUT2D eigenvalue weighted by Gasteiger charge is -2.39. The summed E-state index contributed by atoms with van der Waals surface area (Å²) in [7, 11) is 4.31. The average molecular weight is 372 g/mol. The summed E-state index contributed by atoms with van der Waals surface area (Å²) in [6, 6.07) is 7.57. The standard InChI is InChI=1S/C20H21FN2O4/c1-20(2)19(25)23(3)17-14(22-20)9-8-13(16(17)18(24)27-5)12-7-6-11(21)10-15(12)26-4/h6-10,22H,1-5H3. The lowest BCUT2D eigenvalue weighted by atomic mass is 9.91. The van der Waals surface area contributed by atoms with Gasteiger partial charge in [0.05, 0.1) is 31.2 Å². The number of carbonyl (C=O) groups is 2. The van der Waals surface area contributed by atoms with E-state index >= 15 is 0 Å². The van der Waals surface area contributed by atoms with Crippen LogP contribution in [0.5, 0.6) is 5.75 Å². The Morgan fingerprint density at radius 3 is 2.44 bits per heavy atom. The van der Waals surface area contributed by atoms with E-state index in [4.69, 9.17) is 9.47 Å². The largest absolute Gasteiger partial charge is 0.496 e. The number of esters is 1. The second-order valence-corrected chi connectivity index (χ2v) is 6.83. The first-order chi connectivity index (χ1) is 12.7. The highest BCUT2D eigenvalue weighted by Crippen LogP contribution is 2.44. The molecule has 0 fully saturated rings. The first-order valence-electron chi connectivity index (χ1n) is 8.37. The predicted octanol–water partition coefficient (Wildman–Crippen LogP) is 3.45. The second kappa shape index (κ2) is 6.57. The van der Waals surface area contributed by atoms with Gasteiger partial charge in [-0.05, 0) is 32.0 Å². The molecule has 1 heterocycles. The van der Waals surface area contributed by atoms with Crippen LogP contribution in [0.15, 0.2) is 30.3 Å². The zero-order valence-electron chi connectivity index (χ0n) is 15.8. The summed E-state index contributed by atoms with van der Waals surface area (Å²) in [5.74, 6) is -0.972. The Morgan fingerprint density at radius 2 is 1.81 bits per heavy atom. The first-order valence-corrected chi connectivity index (χ1v) is 8.37. The van der Waals surface area contributed by atoms with Gasteiger partial charge in [-0.15, -0.1) is 0 Å². The van der Waals surface area contributed by atoms with E-state index in [0.29, 0.717) is 22.5 Å². The van der Waals surface area contributed by atoms with Crippen LogP contribution < -0.4 is 15.0 Å². The predicted molar refractivity (Wildman–Crippen MR) is 101 cm³/mol. The molecule has 1 aliphatic heterocycles. The quantitative estimate of drug-likeness (QED) is 0.836. The number of ether oxygens (including phenoxy) is 2. The van der Waals surface area contributed by atoms with E-state index in [0.717, 1.165) is 0 Å². The van der Waals surface area contributed by atoms with Gasteiger partial charge in [-0.25, -0.2) is 9.18 Å². The van der Waals surface area contributed by atoms with Gasteiger partial charge in [0.1, 0.15) is 17.1 Å². The maximum Gasteiger partial charge on any atom is 0.340 e. The van der Waals surface area contributed by atoms with Gasteiger partial charge >= 0.3 is 5.97 Å². The van der Waals surface area contributed by atoms with Crippen LogP contribution in [0, 0.1) is 5.82 Å². The molecule has 0 spiro atoms. The topological polar surface area (TPSA) is 67.9 Å². The van der Waals surface area contributed by atoms with Crippen LogP contribution in [0.2, 0.25) is 0 Å². The SMILES string of the molecule is COC(=O)c1c(-c2ccc(F)cc2OC)ccc2c1N(C)C(=O)C(C)(C)N2. The highest BCUT2D eigenvalue weighted by Gasteiger charge is 2.40. The van der Waals surface area contributed by atoms with Gasteiger partial charge in [-0.3, -0.25) is 4.79 Å². The third kappa shape index (κ3) is 2.99. The fourth-order valence-corrected chi connectivity index (χ4v) is 3.37. The Kier molecular flexibility index (Phi) is 4.55. The second-order valence-electron chi connectivity index (χ2n) is 6.83. The third-order valence-corrected chi connectivity index (χ3v) is 4.64. The van der Waals surface area contributed by atoms with E-state index in [1.54, 1.807) is 33.0 Å². The molecule has 27 heavy (non-hydrogen) atoms. The van der Waals surface area contributed by atoms with E-state index in [-0.39, 0.29) is 17.2 Å². The Balaban J connectivity index is 2.33. The molecule has 142 valence electrons. The van der Waals surface area contributed by atoms with Crippen molar-refractivity contribution in [2.75, 3.05) is 31.5 Å². The Labute approximate surface area is 156 Å². The molecule has 6 nitrogen and oxygen atoms in total. The minimum atomic E-state index is -0.815. The minimum Gasteiger partial charge on any atom is -0.496 e. The number of halogens is 1. The summed E-state index contributed by atoms with van der Waals surface area (Å²) in [6.45, 7) is 3.53. The van der Waals surface area contributed by atoms with Gasteiger partial charge in [0, 0.05) is 24.2 Å². The number of nitrogens with one attached hydrogen (secondary N) is 1. The molecule has 1 aliphatic rings. The van der Waals surface area contributed by atoms with Crippen LogP contribution >= 0.6 is 0 Å². The molecule has 0 atom stereocenters. The van der Waals surface area contributed by atoms with Crippen molar-refractivity contribution in [3.8, 4) is 16.9 Å². The van der Waals surface area contributed by atoms with E-state index in [1.807, 2.05) is 0 Å². The van der Waals surface area contributed by atoms with Crippen LogP contribution in [-0.4, -0.2) is 38.7 Å². The molecule has 2 aromatic rings. The Bertz CT molecular complexity index is 940. The zero-order chi connectivity index (χ0) is 19.9. The molecule has 0 radical (unpaired) electrons. The van der Waals surface area contributed by atoms with Gasteiger partial charge in [-0.2, -0.15) is 0 Å². The molecule has 0 aliphatic carbocycles. The lowest BCUT2D eigenvalue weighted by Crippen LogP contribution is -2.52. The smallest absolute Gasteiger partial charge is 0.340 e. The van der Waals surface area contributed by atoms with Crippen LogP contribution in [0.25, 0.3) is 11.1 Å². The molecule has 2 aromatic carbocycles. The highest BCUT2D eigenvalue weighted by atomic mass is 19.1. The van der Waals surface area contributed by atoms with Gasteiger partial charge in [-0.1, -0.05) is 6.07 Å². The molecule has 1 amide bonds. The lowest BCUT2D eigenvalue weighted by molar-refractivity contribution is -0.121. The molecule has 1 N–H and O–H groups in total. The summed E-state index contributed by atoms with van der Waals surface area (Å²) < 4.78 is 23.9. The summed E-state index contributed by atoms with van der Waals surface area (Å²) in [5, 5.41) is 3.16. The number of hydrogen-bond donors (Lipinski definition) is 1. The van der Waals surface area contributed by atoms with Crippen LogP contribution in [-0.2, 0) is 9.53 Å². The van der Waals surface area contributed by atoms with Crippen molar-refractivity contribution < 1.29 is 23.5 Å². The number of likely N-dealkylation sites (N-methyl/N-ethyl adjacent to an activating group) is 1. The number of fused-ring (bicyclic) bond motifs is 1. The van der Waals surface area contributed by atoms with Gasteiger partial charge in [0.25, 0.3) is 5.91 Å². The van der Waals surface area contributed by atoms with Crippen molar-refractivity contribution >= 4 is 23.3 Å². The van der Waals surface area contributed by atoms with Crippen LogP contribution in [0.4, 0.5) is 15.8 Å². The molecule has 0 aromatic heterocycles. The van der Waals surface area contributed by atoms with Crippen molar-refractivity contribution in [1.29, 1.82) is 0 Å². The molecule has 7 heteroatoms. The van der Waals surface area contributed by atoms with E-state index in [2.05, 4.69) is 5.32 Å². The fraction of sp³-hybridized carbons (Fsp3) is 0.300. The number of anilines is 2. The van der Waals surface area contributed by atoms with Crippen molar-refractivity contribution in [3.63, 3.8) is 0 Å². The monoisotopic (exact) mass is 372 g/mol. The molecule has 0 unspecified atom stereocenters. The van der Waals surface area contributed by atoms with Crippen molar-refractivity contribution in [2.45, 2.75) is 19.4 Å². The fourth-order valence-electron chi connectivity index (χ4n) is 3.37. The number of nitrogens with zero attached hydrogens (tertiary/aromatic N) is 1. The van der Waals surface area contributed by atoms with Crippen LogP contribution in [0.3, 0.4) is 0 Å². The number of carbonyl (C=O) groups excluding carboxylic acids is 2. The van der Waals surface area contributed by atoms with Crippen molar-refractivity contribution in [2.24, 2.45) is 0 Å². The minimum absolute atomic E-state index is 0.191. The third-order valence-electron chi connectivity index (χ3n) is 4.64. The maximum absolute atomic E-state index is 13.6. The number of benzene rings is 2. The number of amides is 1. The summed E-state index contributed by atoms with van der Waals surface area (Å²) in [5.41, 5.74) is 1.44.